The summed E-state index contributed by atoms with van der Waals surface area (Å²) >= 11 is 6.84. The second-order valence-corrected chi connectivity index (χ2v) is 9.33. The highest BCUT2D eigenvalue weighted by Crippen LogP contribution is 2.45. The van der Waals surface area contributed by atoms with Gasteiger partial charge in [-0.2, -0.15) is 0 Å². The molecule has 1 heterocycles. The Kier molecular flexibility index (Phi) is 6.21. The van der Waals surface area contributed by atoms with Crippen LogP contribution in [0.4, 0.5) is 0 Å². The highest BCUT2D eigenvalue weighted by Gasteiger charge is 2.47. The number of Topliss-reactive ketones (excluding diaryl/α,β-unsaturated/α-hetero) is 2. The monoisotopic (exact) mass is 540 g/mol. The number of halogens is 2. The summed E-state index contributed by atoms with van der Waals surface area (Å²) in [5.41, 5.74) is 1.61. The molecule has 0 N–H and O–H groups in total. The van der Waals surface area contributed by atoms with Crippen molar-refractivity contribution in [2.45, 2.75) is 12.8 Å². The van der Waals surface area contributed by atoms with E-state index in [1.807, 2.05) is 6.07 Å². The van der Waals surface area contributed by atoms with E-state index < -0.39 is 23.7 Å². The standard InChI is InChI=1S/C25H18Br2O4/c1-14(23(28)16-7-9-17(26)10-8-16)21-19-13-18(27)11-12-20(19)31-25(30)22(21)24(29)15-5-3-2-4-6-15/h2-14,21-22H,1H3/t14-,21+,22+/m0/s1. The van der Waals surface area contributed by atoms with Gasteiger partial charge in [0.25, 0.3) is 0 Å². The van der Waals surface area contributed by atoms with Crippen LogP contribution in [-0.4, -0.2) is 17.5 Å². The molecule has 0 amide bonds. The second-order valence-electron chi connectivity index (χ2n) is 7.50. The molecule has 0 unspecified atom stereocenters. The van der Waals surface area contributed by atoms with Crippen LogP contribution in [0.15, 0.2) is 81.7 Å². The predicted octanol–water partition coefficient (Wildman–Crippen LogP) is 6.23. The number of hydrogen-bond acceptors (Lipinski definition) is 4. The second kappa shape index (κ2) is 8.89. The SMILES string of the molecule is C[C@H](C(=O)c1ccc(Br)cc1)[C@@H]1c2cc(Br)ccc2OC(=O)[C@H]1C(=O)c1ccccc1. The number of carbonyl (C=O) groups excluding carboxylic acids is 3. The van der Waals surface area contributed by atoms with Crippen molar-refractivity contribution in [2.75, 3.05) is 0 Å². The van der Waals surface area contributed by atoms with Gasteiger partial charge in [0.05, 0.1) is 0 Å². The zero-order chi connectivity index (χ0) is 22.1. The van der Waals surface area contributed by atoms with Crippen molar-refractivity contribution in [3.8, 4) is 5.75 Å². The summed E-state index contributed by atoms with van der Waals surface area (Å²) in [7, 11) is 0. The van der Waals surface area contributed by atoms with Gasteiger partial charge in [0.2, 0.25) is 0 Å². The minimum Gasteiger partial charge on any atom is -0.426 e. The molecular weight excluding hydrogens is 524 g/mol. The van der Waals surface area contributed by atoms with Crippen LogP contribution < -0.4 is 4.74 Å². The summed E-state index contributed by atoms with van der Waals surface area (Å²) in [6.07, 6.45) is 0. The summed E-state index contributed by atoms with van der Waals surface area (Å²) in [6, 6.07) is 21.0. The number of hydrogen-bond donors (Lipinski definition) is 0. The van der Waals surface area contributed by atoms with E-state index in [0.29, 0.717) is 22.4 Å². The van der Waals surface area contributed by atoms with Crippen LogP contribution in [0.25, 0.3) is 0 Å². The first-order valence-corrected chi connectivity index (χ1v) is 11.4. The summed E-state index contributed by atoms with van der Waals surface area (Å²) in [5.74, 6) is -3.13. The molecule has 0 bridgehead atoms. The minimum atomic E-state index is -1.11. The van der Waals surface area contributed by atoms with Crippen LogP contribution in [0.2, 0.25) is 0 Å². The molecule has 1 aliphatic heterocycles. The molecule has 3 aromatic carbocycles. The number of fused-ring (bicyclic) bond motifs is 1. The third kappa shape index (κ3) is 4.27. The fraction of sp³-hybridized carbons (Fsp3) is 0.160. The molecule has 0 aromatic heterocycles. The molecule has 6 heteroatoms. The molecule has 0 spiro atoms. The molecule has 31 heavy (non-hydrogen) atoms. The van der Waals surface area contributed by atoms with Crippen molar-refractivity contribution in [3.05, 3.63) is 98.4 Å². The molecule has 0 fully saturated rings. The molecule has 0 radical (unpaired) electrons. The Balaban J connectivity index is 1.81. The third-order valence-corrected chi connectivity index (χ3v) is 6.60. The number of benzene rings is 3. The van der Waals surface area contributed by atoms with Crippen LogP contribution in [0, 0.1) is 11.8 Å². The lowest BCUT2D eigenvalue weighted by Gasteiger charge is -2.34. The Bertz CT molecular complexity index is 1160. The van der Waals surface area contributed by atoms with E-state index in [-0.39, 0.29) is 11.6 Å². The van der Waals surface area contributed by atoms with E-state index in [2.05, 4.69) is 31.9 Å². The van der Waals surface area contributed by atoms with Crippen molar-refractivity contribution in [1.29, 1.82) is 0 Å². The van der Waals surface area contributed by atoms with E-state index in [1.54, 1.807) is 73.7 Å². The quantitative estimate of drug-likeness (QED) is 0.166. The molecule has 0 saturated carbocycles. The maximum Gasteiger partial charge on any atom is 0.322 e. The van der Waals surface area contributed by atoms with Gasteiger partial charge < -0.3 is 4.74 Å². The average molecular weight is 542 g/mol. The summed E-state index contributed by atoms with van der Waals surface area (Å²) in [5, 5.41) is 0. The Labute approximate surface area is 196 Å². The Morgan fingerprint density at radius 3 is 2.19 bits per heavy atom. The molecule has 0 aliphatic carbocycles. The van der Waals surface area contributed by atoms with Crippen molar-refractivity contribution >= 4 is 49.4 Å². The maximum atomic E-state index is 13.4. The molecular formula is C25H18Br2O4. The normalized spacial score (nSPS) is 18.6. The Morgan fingerprint density at radius 1 is 0.871 bits per heavy atom. The molecule has 3 aromatic rings. The fourth-order valence-corrected chi connectivity index (χ4v) is 4.66. The summed E-state index contributed by atoms with van der Waals surface area (Å²) in [6.45, 7) is 1.77. The third-order valence-electron chi connectivity index (χ3n) is 5.58. The van der Waals surface area contributed by atoms with Crippen LogP contribution in [-0.2, 0) is 4.79 Å². The first kappa shape index (κ1) is 21.7. The molecule has 4 rings (SSSR count). The van der Waals surface area contributed by atoms with Crippen molar-refractivity contribution < 1.29 is 19.1 Å². The van der Waals surface area contributed by atoms with Crippen LogP contribution in [0.3, 0.4) is 0 Å². The molecule has 1 aliphatic rings. The first-order valence-electron chi connectivity index (χ1n) is 9.77. The molecule has 156 valence electrons. The highest BCUT2D eigenvalue weighted by atomic mass is 79.9. The summed E-state index contributed by atoms with van der Waals surface area (Å²) < 4.78 is 7.17. The Morgan fingerprint density at radius 2 is 1.52 bits per heavy atom. The van der Waals surface area contributed by atoms with Gasteiger partial charge in [0.15, 0.2) is 11.6 Å². The number of ether oxygens (including phenoxy) is 1. The van der Waals surface area contributed by atoms with Gasteiger partial charge in [0, 0.05) is 37.5 Å². The number of esters is 1. The predicted molar refractivity (Wildman–Crippen MR) is 124 cm³/mol. The average Bonchev–Trinajstić information content (AvgIpc) is 2.78. The maximum absolute atomic E-state index is 13.4. The Hall–Kier alpha value is -2.57. The van der Waals surface area contributed by atoms with Crippen molar-refractivity contribution in [3.63, 3.8) is 0 Å². The number of carbonyl (C=O) groups is 3. The van der Waals surface area contributed by atoms with E-state index >= 15 is 0 Å². The van der Waals surface area contributed by atoms with Crippen molar-refractivity contribution in [1.82, 2.24) is 0 Å². The summed E-state index contributed by atoms with van der Waals surface area (Å²) in [4.78, 5) is 39.8. The zero-order valence-corrected chi connectivity index (χ0v) is 19.7. The van der Waals surface area contributed by atoms with Gasteiger partial charge in [-0.25, -0.2) is 0 Å². The number of rotatable bonds is 5. The van der Waals surface area contributed by atoms with Gasteiger partial charge >= 0.3 is 5.97 Å². The topological polar surface area (TPSA) is 60.4 Å². The van der Waals surface area contributed by atoms with E-state index in [4.69, 9.17) is 4.74 Å². The van der Waals surface area contributed by atoms with E-state index in [1.165, 1.54) is 0 Å². The highest BCUT2D eigenvalue weighted by molar-refractivity contribution is 9.10. The van der Waals surface area contributed by atoms with Crippen LogP contribution >= 0.6 is 31.9 Å². The molecule has 0 saturated heterocycles. The smallest absolute Gasteiger partial charge is 0.322 e. The largest absolute Gasteiger partial charge is 0.426 e. The molecule has 4 nitrogen and oxygen atoms in total. The van der Waals surface area contributed by atoms with Gasteiger partial charge in [-0.05, 0) is 30.3 Å². The van der Waals surface area contributed by atoms with Crippen molar-refractivity contribution in [2.24, 2.45) is 11.8 Å². The lowest BCUT2D eigenvalue weighted by Crippen LogP contribution is -2.41. The number of ketones is 2. The first-order chi connectivity index (χ1) is 14.9. The van der Waals surface area contributed by atoms with Gasteiger partial charge in [-0.1, -0.05) is 81.2 Å². The van der Waals surface area contributed by atoms with Gasteiger partial charge in [0.1, 0.15) is 11.7 Å². The lowest BCUT2D eigenvalue weighted by molar-refractivity contribution is -0.139. The zero-order valence-electron chi connectivity index (χ0n) is 16.5. The minimum absolute atomic E-state index is 0.135. The van der Waals surface area contributed by atoms with E-state index in [9.17, 15) is 14.4 Å². The van der Waals surface area contributed by atoms with Crippen LogP contribution in [0.1, 0.15) is 39.1 Å². The van der Waals surface area contributed by atoms with Gasteiger partial charge in [-0.15, -0.1) is 0 Å². The van der Waals surface area contributed by atoms with Gasteiger partial charge in [-0.3, -0.25) is 14.4 Å². The van der Waals surface area contributed by atoms with Crippen LogP contribution in [0.5, 0.6) is 5.75 Å². The fourth-order valence-electron chi connectivity index (χ4n) is 4.02. The van der Waals surface area contributed by atoms with E-state index in [0.717, 1.165) is 8.95 Å². The lowest BCUT2D eigenvalue weighted by atomic mass is 9.71. The molecule has 3 atom stereocenters.